The third kappa shape index (κ3) is 2.98. The molecule has 0 saturated heterocycles. The minimum Gasteiger partial charge on any atom is -0.329 e. The Kier molecular flexibility index (Phi) is 4.54. The lowest BCUT2D eigenvalue weighted by Crippen LogP contribution is -2.36. The fourth-order valence-corrected chi connectivity index (χ4v) is 3.43. The van der Waals surface area contributed by atoms with Crippen LogP contribution < -0.4 is 10.0 Å². The van der Waals surface area contributed by atoms with E-state index in [0.717, 1.165) is 16.8 Å². The van der Waals surface area contributed by atoms with Crippen molar-refractivity contribution in [1.29, 1.82) is 0 Å². The van der Waals surface area contributed by atoms with E-state index in [9.17, 15) is 8.42 Å². The van der Waals surface area contributed by atoms with E-state index in [1.807, 2.05) is 39.0 Å². The molecule has 4 nitrogen and oxygen atoms in total. The lowest BCUT2D eigenvalue weighted by molar-refractivity contribution is 0.591. The molecule has 0 fully saturated rings. The summed E-state index contributed by atoms with van der Waals surface area (Å²) in [6.45, 7) is 6.24. The van der Waals surface area contributed by atoms with Gasteiger partial charge in [0.05, 0.1) is 11.4 Å². The van der Waals surface area contributed by atoms with E-state index < -0.39 is 10.0 Å². The summed E-state index contributed by atoms with van der Waals surface area (Å²) in [5.41, 5.74) is 8.07. The molecule has 0 spiro atoms. The van der Waals surface area contributed by atoms with Crippen molar-refractivity contribution in [3.05, 3.63) is 29.3 Å². The largest absolute Gasteiger partial charge is 0.329 e. The average Bonchev–Trinajstić information content (AvgIpc) is 2.23. The van der Waals surface area contributed by atoms with Crippen LogP contribution in [0.5, 0.6) is 0 Å². The highest BCUT2D eigenvalue weighted by atomic mass is 32.2. The molecule has 96 valence electrons. The molecule has 1 aromatic rings. The average molecular weight is 256 g/mol. The first-order valence-corrected chi connectivity index (χ1v) is 7.31. The Bertz CT molecular complexity index is 463. The van der Waals surface area contributed by atoms with Gasteiger partial charge in [0.1, 0.15) is 0 Å². The number of hydrogen-bond donors (Lipinski definition) is 1. The van der Waals surface area contributed by atoms with E-state index in [-0.39, 0.29) is 12.3 Å². The lowest BCUT2D eigenvalue weighted by atomic mass is 10.1. The summed E-state index contributed by atoms with van der Waals surface area (Å²) in [6, 6.07) is 5.77. The standard InChI is InChI=1S/C12H20N2O2S/c1-4-14(17(15,16)9-8-13)12-10(2)6-5-7-11(12)3/h5-7H,4,8-9,13H2,1-3H3. The van der Waals surface area contributed by atoms with Crippen molar-refractivity contribution < 1.29 is 8.42 Å². The van der Waals surface area contributed by atoms with Crippen LogP contribution in [0.15, 0.2) is 18.2 Å². The summed E-state index contributed by atoms with van der Waals surface area (Å²) in [4.78, 5) is 0. The summed E-state index contributed by atoms with van der Waals surface area (Å²) in [5.74, 6) is -0.0192. The van der Waals surface area contributed by atoms with Crippen molar-refractivity contribution in [2.75, 3.05) is 23.1 Å². The molecule has 17 heavy (non-hydrogen) atoms. The predicted octanol–water partition coefficient (Wildman–Crippen LogP) is 1.42. The first-order chi connectivity index (χ1) is 7.94. The van der Waals surface area contributed by atoms with Crippen molar-refractivity contribution >= 4 is 15.7 Å². The number of benzene rings is 1. The quantitative estimate of drug-likeness (QED) is 0.866. The predicted molar refractivity (Wildman–Crippen MR) is 71.8 cm³/mol. The number of nitrogens with zero attached hydrogens (tertiary/aromatic N) is 1. The molecule has 0 aliphatic heterocycles. The molecule has 0 saturated carbocycles. The summed E-state index contributed by atoms with van der Waals surface area (Å²) in [5, 5.41) is 0. The summed E-state index contributed by atoms with van der Waals surface area (Å²) < 4.78 is 25.7. The summed E-state index contributed by atoms with van der Waals surface area (Å²) in [6.07, 6.45) is 0. The Hall–Kier alpha value is -1.07. The minimum absolute atomic E-state index is 0.0192. The van der Waals surface area contributed by atoms with Crippen LogP contribution in [0, 0.1) is 13.8 Å². The van der Waals surface area contributed by atoms with E-state index in [1.165, 1.54) is 4.31 Å². The number of sulfonamides is 1. The normalized spacial score (nSPS) is 11.5. The Balaban J connectivity index is 3.28. The van der Waals surface area contributed by atoms with Crippen LogP contribution in [0.25, 0.3) is 0 Å². The summed E-state index contributed by atoms with van der Waals surface area (Å²) >= 11 is 0. The van der Waals surface area contributed by atoms with Crippen LogP contribution in [0.1, 0.15) is 18.1 Å². The molecular formula is C12H20N2O2S. The summed E-state index contributed by atoms with van der Waals surface area (Å²) in [7, 11) is -3.31. The van der Waals surface area contributed by atoms with Crippen molar-refractivity contribution in [2.45, 2.75) is 20.8 Å². The van der Waals surface area contributed by atoms with Gasteiger partial charge >= 0.3 is 0 Å². The monoisotopic (exact) mass is 256 g/mol. The van der Waals surface area contributed by atoms with Crippen LogP contribution in [-0.2, 0) is 10.0 Å². The molecule has 0 bridgehead atoms. The maximum atomic E-state index is 12.1. The van der Waals surface area contributed by atoms with Gasteiger partial charge in [0.25, 0.3) is 0 Å². The second-order valence-corrected chi connectivity index (χ2v) is 6.02. The highest BCUT2D eigenvalue weighted by Gasteiger charge is 2.22. The van der Waals surface area contributed by atoms with Crippen molar-refractivity contribution in [3.8, 4) is 0 Å². The molecule has 0 atom stereocenters. The van der Waals surface area contributed by atoms with E-state index >= 15 is 0 Å². The number of para-hydroxylation sites is 1. The van der Waals surface area contributed by atoms with Gasteiger partial charge in [0.2, 0.25) is 10.0 Å². The molecular weight excluding hydrogens is 236 g/mol. The molecule has 0 heterocycles. The van der Waals surface area contributed by atoms with Gasteiger partial charge in [0.15, 0.2) is 0 Å². The molecule has 0 aromatic heterocycles. The molecule has 1 rings (SSSR count). The first-order valence-electron chi connectivity index (χ1n) is 5.70. The molecule has 0 amide bonds. The number of nitrogens with two attached hydrogens (primary N) is 1. The van der Waals surface area contributed by atoms with E-state index in [1.54, 1.807) is 0 Å². The molecule has 0 unspecified atom stereocenters. The van der Waals surface area contributed by atoms with Crippen LogP contribution in [-0.4, -0.2) is 27.3 Å². The topological polar surface area (TPSA) is 63.4 Å². The van der Waals surface area contributed by atoms with Gasteiger partial charge in [0, 0.05) is 13.1 Å². The Morgan fingerprint density at radius 2 is 1.76 bits per heavy atom. The van der Waals surface area contributed by atoms with Gasteiger partial charge in [-0.25, -0.2) is 8.42 Å². The van der Waals surface area contributed by atoms with Gasteiger partial charge in [-0.1, -0.05) is 18.2 Å². The third-order valence-electron chi connectivity index (χ3n) is 2.69. The maximum absolute atomic E-state index is 12.1. The van der Waals surface area contributed by atoms with Crippen molar-refractivity contribution in [2.24, 2.45) is 5.73 Å². The minimum atomic E-state index is -3.31. The second kappa shape index (κ2) is 5.51. The van der Waals surface area contributed by atoms with Gasteiger partial charge in [-0.2, -0.15) is 0 Å². The Morgan fingerprint density at radius 1 is 1.24 bits per heavy atom. The van der Waals surface area contributed by atoms with Gasteiger partial charge in [-0.3, -0.25) is 4.31 Å². The highest BCUT2D eigenvalue weighted by Crippen LogP contribution is 2.26. The van der Waals surface area contributed by atoms with Crippen molar-refractivity contribution in [1.82, 2.24) is 0 Å². The zero-order chi connectivity index (χ0) is 13.1. The number of hydrogen-bond acceptors (Lipinski definition) is 3. The number of aryl methyl sites for hydroxylation is 2. The number of rotatable bonds is 5. The van der Waals surface area contributed by atoms with Gasteiger partial charge in [-0.15, -0.1) is 0 Å². The molecule has 2 N–H and O–H groups in total. The Morgan fingerprint density at radius 3 is 2.18 bits per heavy atom. The van der Waals surface area contributed by atoms with E-state index in [4.69, 9.17) is 5.73 Å². The van der Waals surface area contributed by atoms with E-state index in [2.05, 4.69) is 0 Å². The smallest absolute Gasteiger partial charge is 0.236 e. The van der Waals surface area contributed by atoms with Crippen LogP contribution in [0.4, 0.5) is 5.69 Å². The SMILES string of the molecule is CCN(c1c(C)cccc1C)S(=O)(=O)CCN. The first kappa shape index (κ1) is 14.0. The fourth-order valence-electron chi connectivity index (χ4n) is 1.95. The zero-order valence-corrected chi connectivity index (χ0v) is 11.4. The molecule has 0 aliphatic rings. The molecule has 1 aromatic carbocycles. The van der Waals surface area contributed by atoms with Gasteiger partial charge < -0.3 is 5.73 Å². The third-order valence-corrected chi connectivity index (χ3v) is 4.55. The van der Waals surface area contributed by atoms with Crippen LogP contribution in [0.3, 0.4) is 0 Å². The lowest BCUT2D eigenvalue weighted by Gasteiger charge is -2.26. The Labute approximate surface area is 103 Å². The molecule has 5 heteroatoms. The maximum Gasteiger partial charge on any atom is 0.236 e. The fraction of sp³-hybridized carbons (Fsp3) is 0.500. The van der Waals surface area contributed by atoms with Crippen molar-refractivity contribution in [3.63, 3.8) is 0 Å². The highest BCUT2D eigenvalue weighted by molar-refractivity contribution is 7.92. The zero-order valence-electron chi connectivity index (χ0n) is 10.6. The van der Waals surface area contributed by atoms with Crippen LogP contribution >= 0.6 is 0 Å². The number of anilines is 1. The van der Waals surface area contributed by atoms with E-state index in [0.29, 0.717) is 6.54 Å². The van der Waals surface area contributed by atoms with Gasteiger partial charge in [-0.05, 0) is 31.9 Å². The van der Waals surface area contributed by atoms with Crippen LogP contribution in [0.2, 0.25) is 0 Å². The molecule has 0 aliphatic carbocycles. The second-order valence-electron chi connectivity index (χ2n) is 4.01. The molecule has 0 radical (unpaired) electrons.